The Morgan fingerprint density at radius 2 is 1.95 bits per heavy atom. The first kappa shape index (κ1) is 15.3. The molecule has 0 fully saturated rings. The molecule has 0 radical (unpaired) electrons. The molecule has 0 saturated heterocycles. The average Bonchev–Trinajstić information content (AvgIpc) is 2.71. The molecular formula is C16H18BrNOS. The van der Waals surface area contributed by atoms with Crippen LogP contribution in [0.25, 0.3) is 0 Å². The lowest BCUT2D eigenvalue weighted by molar-refractivity contribution is 0.0939. The quantitative estimate of drug-likeness (QED) is 0.834. The van der Waals surface area contributed by atoms with Gasteiger partial charge in [0.05, 0.1) is 11.6 Å². The Kier molecular flexibility index (Phi) is 4.66. The Labute approximate surface area is 132 Å². The van der Waals surface area contributed by atoms with Crippen molar-refractivity contribution in [2.24, 2.45) is 0 Å². The summed E-state index contributed by atoms with van der Waals surface area (Å²) in [4.78, 5) is 14.9. The zero-order valence-corrected chi connectivity index (χ0v) is 14.5. The Morgan fingerprint density at radius 1 is 1.25 bits per heavy atom. The first-order valence-corrected chi connectivity index (χ1v) is 8.13. The fourth-order valence-electron chi connectivity index (χ4n) is 2.25. The summed E-state index contributed by atoms with van der Waals surface area (Å²) in [6.07, 6.45) is 0. The summed E-state index contributed by atoms with van der Waals surface area (Å²) in [5, 5.41) is 3.07. The van der Waals surface area contributed by atoms with Gasteiger partial charge in [-0.1, -0.05) is 11.6 Å². The topological polar surface area (TPSA) is 29.1 Å². The Hall–Kier alpha value is -1.13. The summed E-state index contributed by atoms with van der Waals surface area (Å²) >= 11 is 5.20. The van der Waals surface area contributed by atoms with Crippen LogP contribution in [-0.4, -0.2) is 5.91 Å². The number of benzene rings is 1. The van der Waals surface area contributed by atoms with Gasteiger partial charge in [0, 0.05) is 14.2 Å². The second kappa shape index (κ2) is 6.10. The van der Waals surface area contributed by atoms with Crippen LogP contribution >= 0.6 is 27.3 Å². The summed E-state index contributed by atoms with van der Waals surface area (Å²) in [7, 11) is 0. The van der Waals surface area contributed by atoms with Crippen molar-refractivity contribution in [1.82, 2.24) is 5.32 Å². The second-order valence-corrected chi connectivity index (χ2v) is 7.36. The van der Waals surface area contributed by atoms with Gasteiger partial charge in [-0.05, 0) is 67.4 Å². The number of rotatable bonds is 3. The fourth-order valence-corrected chi connectivity index (χ4v) is 3.69. The van der Waals surface area contributed by atoms with E-state index >= 15 is 0 Å². The molecule has 0 aliphatic rings. The first-order chi connectivity index (χ1) is 9.38. The van der Waals surface area contributed by atoms with Crippen molar-refractivity contribution >= 4 is 33.2 Å². The zero-order valence-electron chi connectivity index (χ0n) is 12.1. The van der Waals surface area contributed by atoms with Gasteiger partial charge in [0.25, 0.3) is 5.91 Å². The minimum atomic E-state index is -0.0451. The molecule has 2 rings (SSSR count). The lowest BCUT2D eigenvalue weighted by Crippen LogP contribution is -2.27. The smallest absolute Gasteiger partial charge is 0.252 e. The maximum atomic E-state index is 12.4. The molecule has 1 N–H and O–H groups in total. The first-order valence-electron chi connectivity index (χ1n) is 6.52. The van der Waals surface area contributed by atoms with Crippen LogP contribution < -0.4 is 5.32 Å². The highest BCUT2D eigenvalue weighted by Crippen LogP contribution is 2.27. The van der Waals surface area contributed by atoms with Crippen molar-refractivity contribution < 1.29 is 4.79 Å². The lowest BCUT2D eigenvalue weighted by Gasteiger charge is -2.15. The molecule has 1 heterocycles. The zero-order chi connectivity index (χ0) is 14.9. The standard InChI is InChI=1S/C16H18BrNOS/c1-9-5-6-15(17)14(7-9)16(19)18-11(3)13-8-10(2)20-12(13)4/h5-8,11H,1-4H3,(H,18,19). The van der Waals surface area contributed by atoms with Crippen LogP contribution in [-0.2, 0) is 0 Å². The van der Waals surface area contributed by atoms with E-state index in [0.717, 1.165) is 10.0 Å². The Balaban J connectivity index is 2.19. The van der Waals surface area contributed by atoms with Gasteiger partial charge in [0.2, 0.25) is 0 Å². The molecule has 1 aromatic carbocycles. The van der Waals surface area contributed by atoms with Gasteiger partial charge in [-0.25, -0.2) is 0 Å². The molecule has 0 saturated carbocycles. The van der Waals surface area contributed by atoms with Crippen molar-refractivity contribution in [1.29, 1.82) is 0 Å². The van der Waals surface area contributed by atoms with Crippen molar-refractivity contribution in [3.63, 3.8) is 0 Å². The van der Waals surface area contributed by atoms with Gasteiger partial charge < -0.3 is 5.32 Å². The third kappa shape index (κ3) is 3.30. The Bertz CT molecular complexity index is 648. The Morgan fingerprint density at radius 3 is 2.55 bits per heavy atom. The van der Waals surface area contributed by atoms with Crippen LogP contribution in [0.5, 0.6) is 0 Å². The molecule has 1 amide bonds. The van der Waals surface area contributed by atoms with Gasteiger partial charge >= 0.3 is 0 Å². The van der Waals surface area contributed by atoms with E-state index < -0.39 is 0 Å². The number of thiophene rings is 1. The summed E-state index contributed by atoms with van der Waals surface area (Å²) in [5.41, 5.74) is 2.96. The van der Waals surface area contributed by atoms with E-state index in [4.69, 9.17) is 0 Å². The number of aryl methyl sites for hydroxylation is 3. The molecule has 0 aliphatic carbocycles. The molecule has 1 atom stereocenters. The predicted molar refractivity (Wildman–Crippen MR) is 88.6 cm³/mol. The minimum absolute atomic E-state index is 0.0138. The van der Waals surface area contributed by atoms with Gasteiger partial charge in [-0.2, -0.15) is 0 Å². The number of halogens is 1. The summed E-state index contributed by atoms with van der Waals surface area (Å²) in [6, 6.07) is 7.96. The molecule has 0 spiro atoms. The maximum absolute atomic E-state index is 12.4. The minimum Gasteiger partial charge on any atom is -0.345 e. The highest BCUT2D eigenvalue weighted by Gasteiger charge is 2.16. The summed E-state index contributed by atoms with van der Waals surface area (Å²) in [5.74, 6) is -0.0451. The van der Waals surface area contributed by atoms with Crippen LogP contribution in [0.15, 0.2) is 28.7 Å². The van der Waals surface area contributed by atoms with Gasteiger partial charge in [0.1, 0.15) is 0 Å². The molecule has 2 aromatic rings. The number of carbonyl (C=O) groups excluding carboxylic acids is 1. The van der Waals surface area contributed by atoms with E-state index in [2.05, 4.69) is 41.2 Å². The van der Waals surface area contributed by atoms with Crippen molar-refractivity contribution in [2.45, 2.75) is 33.7 Å². The largest absolute Gasteiger partial charge is 0.345 e. The number of amides is 1. The van der Waals surface area contributed by atoms with E-state index in [1.54, 1.807) is 11.3 Å². The van der Waals surface area contributed by atoms with E-state index in [1.807, 2.05) is 32.0 Å². The SMILES string of the molecule is Cc1ccc(Br)c(C(=O)NC(C)c2cc(C)sc2C)c1. The molecule has 0 aliphatic heterocycles. The summed E-state index contributed by atoms with van der Waals surface area (Å²) in [6.45, 7) is 8.19. The second-order valence-electron chi connectivity index (χ2n) is 5.05. The maximum Gasteiger partial charge on any atom is 0.252 e. The van der Waals surface area contributed by atoms with Crippen molar-refractivity contribution in [3.8, 4) is 0 Å². The molecule has 4 heteroatoms. The third-order valence-electron chi connectivity index (χ3n) is 3.26. The number of nitrogens with one attached hydrogen (secondary N) is 1. The van der Waals surface area contributed by atoms with Crippen molar-refractivity contribution in [2.75, 3.05) is 0 Å². The summed E-state index contributed by atoms with van der Waals surface area (Å²) < 4.78 is 0.825. The highest BCUT2D eigenvalue weighted by atomic mass is 79.9. The molecule has 2 nitrogen and oxygen atoms in total. The van der Waals surface area contributed by atoms with E-state index in [1.165, 1.54) is 15.3 Å². The lowest BCUT2D eigenvalue weighted by atomic mass is 10.1. The van der Waals surface area contributed by atoms with Gasteiger partial charge in [-0.15, -0.1) is 11.3 Å². The van der Waals surface area contributed by atoms with Crippen LogP contribution in [0.3, 0.4) is 0 Å². The third-order valence-corrected chi connectivity index (χ3v) is 4.93. The number of hydrogen-bond donors (Lipinski definition) is 1. The number of carbonyl (C=O) groups is 1. The van der Waals surface area contributed by atoms with Crippen LogP contribution in [0.4, 0.5) is 0 Å². The molecule has 0 bridgehead atoms. The van der Waals surface area contributed by atoms with Crippen molar-refractivity contribution in [3.05, 3.63) is 55.2 Å². The van der Waals surface area contributed by atoms with Gasteiger partial charge in [0.15, 0.2) is 0 Å². The molecule has 20 heavy (non-hydrogen) atoms. The van der Waals surface area contributed by atoms with Gasteiger partial charge in [-0.3, -0.25) is 4.79 Å². The van der Waals surface area contributed by atoms with Crippen LogP contribution in [0, 0.1) is 20.8 Å². The van der Waals surface area contributed by atoms with Crippen LogP contribution in [0.2, 0.25) is 0 Å². The normalized spacial score (nSPS) is 12.2. The predicted octanol–water partition coefficient (Wildman–Crippen LogP) is 4.93. The van der Waals surface area contributed by atoms with E-state index in [0.29, 0.717) is 5.56 Å². The molecule has 1 aromatic heterocycles. The monoisotopic (exact) mass is 351 g/mol. The number of hydrogen-bond acceptors (Lipinski definition) is 2. The molecular weight excluding hydrogens is 334 g/mol. The van der Waals surface area contributed by atoms with E-state index in [-0.39, 0.29) is 11.9 Å². The van der Waals surface area contributed by atoms with Crippen LogP contribution in [0.1, 0.15) is 44.2 Å². The molecule has 106 valence electrons. The highest BCUT2D eigenvalue weighted by molar-refractivity contribution is 9.10. The molecule has 1 unspecified atom stereocenters. The average molecular weight is 352 g/mol. The fraction of sp³-hybridized carbons (Fsp3) is 0.312. The van der Waals surface area contributed by atoms with E-state index in [9.17, 15) is 4.79 Å².